The van der Waals surface area contributed by atoms with Gasteiger partial charge >= 0.3 is 0 Å². The van der Waals surface area contributed by atoms with Crippen LogP contribution in [0.25, 0.3) is 0 Å². The van der Waals surface area contributed by atoms with Crippen molar-refractivity contribution in [3.8, 4) is 0 Å². The standard InChI is InChI=1S/C21H36O2/c1-4-5-6-7-8-9-10-19-11-13-20(14-12-19)15-16-21(2,17-22)18-23-3/h11-14,22H,4-10,15-18H2,1-3H3. The van der Waals surface area contributed by atoms with Crippen LogP contribution in [0, 0.1) is 5.41 Å². The van der Waals surface area contributed by atoms with E-state index >= 15 is 0 Å². The molecule has 2 heteroatoms. The molecule has 23 heavy (non-hydrogen) atoms. The minimum Gasteiger partial charge on any atom is -0.396 e. The van der Waals surface area contributed by atoms with Crippen molar-refractivity contribution in [2.75, 3.05) is 20.3 Å². The van der Waals surface area contributed by atoms with E-state index in [4.69, 9.17) is 4.74 Å². The number of unbranched alkanes of at least 4 members (excludes halogenated alkanes) is 5. The number of hydrogen-bond acceptors (Lipinski definition) is 2. The monoisotopic (exact) mass is 320 g/mol. The highest BCUT2D eigenvalue weighted by Crippen LogP contribution is 2.23. The fourth-order valence-corrected chi connectivity index (χ4v) is 2.97. The Kier molecular flexibility index (Phi) is 10.2. The molecular formula is C21H36O2. The molecule has 1 aromatic rings. The molecule has 0 saturated heterocycles. The molecule has 0 fully saturated rings. The normalized spacial score (nSPS) is 13.9. The van der Waals surface area contributed by atoms with Gasteiger partial charge in [-0.15, -0.1) is 0 Å². The third-order valence-corrected chi connectivity index (χ3v) is 4.73. The number of aliphatic hydroxyl groups excluding tert-OH is 1. The summed E-state index contributed by atoms with van der Waals surface area (Å²) in [5.74, 6) is 0. The van der Waals surface area contributed by atoms with Gasteiger partial charge in [0.2, 0.25) is 0 Å². The summed E-state index contributed by atoms with van der Waals surface area (Å²) >= 11 is 0. The molecule has 0 saturated carbocycles. The first-order valence-electron chi connectivity index (χ1n) is 9.31. The van der Waals surface area contributed by atoms with E-state index in [-0.39, 0.29) is 12.0 Å². The van der Waals surface area contributed by atoms with E-state index in [0.29, 0.717) is 6.61 Å². The maximum absolute atomic E-state index is 9.53. The average molecular weight is 321 g/mol. The van der Waals surface area contributed by atoms with Crippen molar-refractivity contribution in [3.05, 3.63) is 35.4 Å². The van der Waals surface area contributed by atoms with E-state index in [1.54, 1.807) is 7.11 Å². The van der Waals surface area contributed by atoms with Gasteiger partial charge in [-0.1, -0.05) is 70.2 Å². The van der Waals surface area contributed by atoms with Gasteiger partial charge in [-0.2, -0.15) is 0 Å². The third-order valence-electron chi connectivity index (χ3n) is 4.73. The van der Waals surface area contributed by atoms with E-state index < -0.39 is 0 Å². The number of aliphatic hydroxyl groups is 1. The Hall–Kier alpha value is -0.860. The maximum Gasteiger partial charge on any atom is 0.0538 e. The molecule has 1 rings (SSSR count). The number of methoxy groups -OCH3 is 1. The van der Waals surface area contributed by atoms with E-state index in [2.05, 4.69) is 38.1 Å². The second-order valence-electron chi connectivity index (χ2n) is 7.24. The third kappa shape index (κ3) is 8.53. The van der Waals surface area contributed by atoms with Crippen molar-refractivity contribution in [2.45, 2.75) is 71.6 Å². The largest absolute Gasteiger partial charge is 0.396 e. The second-order valence-corrected chi connectivity index (χ2v) is 7.24. The molecule has 0 aliphatic carbocycles. The lowest BCUT2D eigenvalue weighted by Gasteiger charge is -2.26. The van der Waals surface area contributed by atoms with Crippen molar-refractivity contribution < 1.29 is 9.84 Å². The van der Waals surface area contributed by atoms with Crippen LogP contribution in [0.1, 0.15) is 69.9 Å². The van der Waals surface area contributed by atoms with Crippen molar-refractivity contribution in [2.24, 2.45) is 5.41 Å². The van der Waals surface area contributed by atoms with Gasteiger partial charge in [0, 0.05) is 12.5 Å². The topological polar surface area (TPSA) is 29.5 Å². The summed E-state index contributed by atoms with van der Waals surface area (Å²) in [6, 6.07) is 9.04. The molecule has 0 heterocycles. The van der Waals surface area contributed by atoms with Crippen LogP contribution in [0.2, 0.25) is 0 Å². The van der Waals surface area contributed by atoms with Crippen LogP contribution >= 0.6 is 0 Å². The zero-order chi connectivity index (χ0) is 17.0. The molecule has 1 unspecified atom stereocenters. The van der Waals surface area contributed by atoms with E-state index in [1.807, 2.05) is 0 Å². The molecular weight excluding hydrogens is 284 g/mol. The molecule has 132 valence electrons. The first-order valence-corrected chi connectivity index (χ1v) is 9.31. The van der Waals surface area contributed by atoms with Gasteiger partial charge in [-0.3, -0.25) is 0 Å². The number of aryl methyl sites for hydroxylation is 2. The Morgan fingerprint density at radius 1 is 0.913 bits per heavy atom. The van der Waals surface area contributed by atoms with E-state index in [9.17, 15) is 5.11 Å². The number of ether oxygens (including phenoxy) is 1. The van der Waals surface area contributed by atoms with Crippen LogP contribution in [-0.4, -0.2) is 25.4 Å². The van der Waals surface area contributed by atoms with Gasteiger partial charge in [0.1, 0.15) is 0 Å². The minimum atomic E-state index is -0.133. The summed E-state index contributed by atoms with van der Waals surface area (Å²) in [7, 11) is 1.70. The number of rotatable bonds is 13. The van der Waals surface area contributed by atoms with Crippen molar-refractivity contribution in [1.82, 2.24) is 0 Å². The fraction of sp³-hybridized carbons (Fsp3) is 0.714. The predicted octanol–water partition coefficient (Wildman–Crippen LogP) is 5.17. The molecule has 0 spiro atoms. The molecule has 0 bridgehead atoms. The second kappa shape index (κ2) is 11.6. The van der Waals surface area contributed by atoms with Gasteiger partial charge < -0.3 is 9.84 Å². The summed E-state index contributed by atoms with van der Waals surface area (Å²) in [4.78, 5) is 0. The van der Waals surface area contributed by atoms with Crippen LogP contribution in [0.4, 0.5) is 0 Å². The first-order chi connectivity index (χ1) is 11.1. The Balaban J connectivity index is 2.30. The molecule has 1 aromatic carbocycles. The highest BCUT2D eigenvalue weighted by atomic mass is 16.5. The Morgan fingerprint density at radius 2 is 1.48 bits per heavy atom. The smallest absolute Gasteiger partial charge is 0.0538 e. The quantitative estimate of drug-likeness (QED) is 0.508. The van der Waals surface area contributed by atoms with E-state index in [1.165, 1.54) is 56.1 Å². The molecule has 0 radical (unpaired) electrons. The van der Waals surface area contributed by atoms with Crippen LogP contribution in [0.3, 0.4) is 0 Å². The van der Waals surface area contributed by atoms with Gasteiger partial charge in [0.05, 0.1) is 13.2 Å². The summed E-state index contributed by atoms with van der Waals surface area (Å²) in [6.07, 6.45) is 11.3. The lowest BCUT2D eigenvalue weighted by molar-refractivity contribution is 0.0367. The Bertz CT molecular complexity index is 399. The zero-order valence-electron chi connectivity index (χ0n) is 15.4. The summed E-state index contributed by atoms with van der Waals surface area (Å²) in [5, 5.41) is 9.53. The van der Waals surface area contributed by atoms with Crippen LogP contribution < -0.4 is 0 Å². The molecule has 0 aliphatic heterocycles. The van der Waals surface area contributed by atoms with Gasteiger partial charge in [-0.25, -0.2) is 0 Å². The molecule has 1 N–H and O–H groups in total. The maximum atomic E-state index is 9.53. The van der Waals surface area contributed by atoms with Crippen molar-refractivity contribution in [1.29, 1.82) is 0 Å². The SMILES string of the molecule is CCCCCCCCc1ccc(CCC(C)(CO)COC)cc1. The van der Waals surface area contributed by atoms with Crippen LogP contribution in [-0.2, 0) is 17.6 Å². The molecule has 0 aliphatic rings. The van der Waals surface area contributed by atoms with Crippen molar-refractivity contribution >= 4 is 0 Å². The molecule has 0 aromatic heterocycles. The van der Waals surface area contributed by atoms with Gasteiger partial charge in [0.25, 0.3) is 0 Å². The predicted molar refractivity (Wildman–Crippen MR) is 98.9 cm³/mol. The number of benzene rings is 1. The lowest BCUT2D eigenvalue weighted by atomic mass is 9.85. The highest BCUT2D eigenvalue weighted by Gasteiger charge is 2.22. The molecule has 0 amide bonds. The average Bonchev–Trinajstić information content (AvgIpc) is 2.57. The van der Waals surface area contributed by atoms with E-state index in [0.717, 1.165) is 12.8 Å². The summed E-state index contributed by atoms with van der Waals surface area (Å²) < 4.78 is 5.22. The Labute approximate surface area is 143 Å². The highest BCUT2D eigenvalue weighted by molar-refractivity contribution is 5.22. The first kappa shape index (κ1) is 20.2. The van der Waals surface area contributed by atoms with Gasteiger partial charge in [-0.05, 0) is 36.8 Å². The summed E-state index contributed by atoms with van der Waals surface area (Å²) in [5.41, 5.74) is 2.67. The molecule has 1 atom stereocenters. The lowest BCUT2D eigenvalue weighted by Crippen LogP contribution is -2.27. The van der Waals surface area contributed by atoms with Gasteiger partial charge in [0.15, 0.2) is 0 Å². The Morgan fingerprint density at radius 3 is 2.04 bits per heavy atom. The number of hydrogen-bond donors (Lipinski definition) is 1. The minimum absolute atomic E-state index is 0.133. The van der Waals surface area contributed by atoms with Crippen molar-refractivity contribution in [3.63, 3.8) is 0 Å². The molecule has 2 nitrogen and oxygen atoms in total. The van der Waals surface area contributed by atoms with Crippen LogP contribution in [0.5, 0.6) is 0 Å². The van der Waals surface area contributed by atoms with Crippen LogP contribution in [0.15, 0.2) is 24.3 Å². The fourth-order valence-electron chi connectivity index (χ4n) is 2.97. The zero-order valence-corrected chi connectivity index (χ0v) is 15.4. The summed E-state index contributed by atoms with van der Waals surface area (Å²) in [6.45, 7) is 5.14.